The molecule has 1 amide bonds. The Morgan fingerprint density at radius 2 is 2.17 bits per heavy atom. The molecule has 3 nitrogen and oxygen atoms in total. The quantitative estimate of drug-likeness (QED) is 0.720. The highest BCUT2D eigenvalue weighted by atomic mass is 79.9. The molecule has 0 unspecified atom stereocenters. The number of hydrogen-bond acceptors (Lipinski definition) is 2. The van der Waals surface area contributed by atoms with Crippen molar-refractivity contribution in [2.45, 2.75) is 6.42 Å². The smallest absolute Gasteiger partial charge is 0.223 e. The lowest BCUT2D eigenvalue weighted by molar-refractivity contribution is -0.128. The molecule has 0 rings (SSSR count). The molecule has 1 N–H and O–H groups in total. The van der Waals surface area contributed by atoms with E-state index in [0.29, 0.717) is 19.5 Å². The summed E-state index contributed by atoms with van der Waals surface area (Å²) >= 11 is 3.22. The molecule has 0 saturated carbocycles. The largest absolute Gasteiger partial charge is 0.349 e. The molecular formula is C8H15BrN2O. The average molecular weight is 235 g/mol. The van der Waals surface area contributed by atoms with Crippen LogP contribution >= 0.6 is 15.9 Å². The van der Waals surface area contributed by atoms with E-state index >= 15 is 0 Å². The van der Waals surface area contributed by atoms with Gasteiger partial charge < -0.3 is 10.2 Å². The monoisotopic (exact) mass is 234 g/mol. The standard InChI is InChI=1S/C8H15BrN2O/c1-7(9)6-10-5-4-8(12)11(2)3/h10H,1,4-6H2,2-3H3. The first-order chi connectivity index (χ1) is 5.54. The van der Waals surface area contributed by atoms with Crippen molar-refractivity contribution in [2.75, 3.05) is 27.2 Å². The van der Waals surface area contributed by atoms with E-state index in [1.807, 2.05) is 0 Å². The normalized spacial score (nSPS) is 9.58. The fourth-order valence-electron chi connectivity index (χ4n) is 0.643. The second-order valence-electron chi connectivity index (χ2n) is 2.73. The SMILES string of the molecule is C=C(Br)CNCCC(=O)N(C)C. The third-order valence-electron chi connectivity index (χ3n) is 1.33. The maximum absolute atomic E-state index is 11.0. The number of hydrogen-bond donors (Lipinski definition) is 1. The molecule has 0 fully saturated rings. The van der Waals surface area contributed by atoms with Crippen molar-refractivity contribution in [1.82, 2.24) is 10.2 Å². The van der Waals surface area contributed by atoms with Crippen LogP contribution in [0.5, 0.6) is 0 Å². The van der Waals surface area contributed by atoms with Gasteiger partial charge in [-0.05, 0) is 0 Å². The van der Waals surface area contributed by atoms with Crippen LogP contribution in [-0.4, -0.2) is 38.0 Å². The molecule has 0 radical (unpaired) electrons. The molecule has 0 heterocycles. The number of carbonyl (C=O) groups is 1. The first kappa shape index (κ1) is 11.6. The van der Waals surface area contributed by atoms with Crippen molar-refractivity contribution in [1.29, 1.82) is 0 Å². The van der Waals surface area contributed by atoms with Gasteiger partial charge in [-0.2, -0.15) is 0 Å². The summed E-state index contributed by atoms with van der Waals surface area (Å²) in [5.74, 6) is 0.141. The highest BCUT2D eigenvalue weighted by Gasteiger charge is 2.01. The zero-order valence-corrected chi connectivity index (χ0v) is 9.15. The zero-order chi connectivity index (χ0) is 9.56. The van der Waals surface area contributed by atoms with Gasteiger partial charge in [0.2, 0.25) is 5.91 Å². The van der Waals surface area contributed by atoms with Gasteiger partial charge in [-0.15, -0.1) is 0 Å². The number of halogens is 1. The minimum Gasteiger partial charge on any atom is -0.349 e. The molecule has 0 spiro atoms. The van der Waals surface area contributed by atoms with Crippen LogP contribution in [0.2, 0.25) is 0 Å². The Morgan fingerprint density at radius 1 is 1.58 bits per heavy atom. The number of nitrogens with zero attached hydrogens (tertiary/aromatic N) is 1. The highest BCUT2D eigenvalue weighted by molar-refractivity contribution is 9.11. The van der Waals surface area contributed by atoms with E-state index in [2.05, 4.69) is 27.8 Å². The van der Waals surface area contributed by atoms with Gasteiger partial charge in [-0.3, -0.25) is 4.79 Å². The summed E-state index contributed by atoms with van der Waals surface area (Å²) in [4.78, 5) is 12.6. The Bertz CT molecular complexity index is 168. The summed E-state index contributed by atoms with van der Waals surface area (Å²) in [6, 6.07) is 0. The number of carbonyl (C=O) groups excluding carboxylic acids is 1. The van der Waals surface area contributed by atoms with E-state index < -0.39 is 0 Å². The highest BCUT2D eigenvalue weighted by Crippen LogP contribution is 1.96. The van der Waals surface area contributed by atoms with Gasteiger partial charge in [0.15, 0.2) is 0 Å². The van der Waals surface area contributed by atoms with Gasteiger partial charge in [0.25, 0.3) is 0 Å². The van der Waals surface area contributed by atoms with Crippen LogP contribution in [0.1, 0.15) is 6.42 Å². The van der Waals surface area contributed by atoms with Crippen LogP contribution < -0.4 is 5.32 Å². The minimum atomic E-state index is 0.141. The van der Waals surface area contributed by atoms with Crippen molar-refractivity contribution >= 4 is 21.8 Å². The molecule has 70 valence electrons. The van der Waals surface area contributed by atoms with E-state index in [4.69, 9.17) is 0 Å². The predicted octanol–water partition coefficient (Wildman–Crippen LogP) is 0.963. The third-order valence-corrected chi connectivity index (χ3v) is 1.61. The van der Waals surface area contributed by atoms with Crippen LogP contribution in [0.4, 0.5) is 0 Å². The van der Waals surface area contributed by atoms with Crippen molar-refractivity contribution in [3.8, 4) is 0 Å². The van der Waals surface area contributed by atoms with Crippen LogP contribution in [-0.2, 0) is 4.79 Å². The Morgan fingerprint density at radius 3 is 2.58 bits per heavy atom. The van der Waals surface area contributed by atoms with Gasteiger partial charge in [0.1, 0.15) is 0 Å². The lowest BCUT2D eigenvalue weighted by Gasteiger charge is -2.09. The van der Waals surface area contributed by atoms with Crippen molar-refractivity contribution in [2.24, 2.45) is 0 Å². The molecule has 0 aromatic heterocycles. The molecule has 0 aliphatic heterocycles. The van der Waals surface area contributed by atoms with Crippen molar-refractivity contribution in [3.63, 3.8) is 0 Å². The van der Waals surface area contributed by atoms with Gasteiger partial charge in [0.05, 0.1) is 0 Å². The van der Waals surface area contributed by atoms with Gasteiger partial charge in [-0.1, -0.05) is 22.5 Å². The molecule has 12 heavy (non-hydrogen) atoms. The topological polar surface area (TPSA) is 32.3 Å². The van der Waals surface area contributed by atoms with Crippen molar-refractivity contribution < 1.29 is 4.79 Å². The van der Waals surface area contributed by atoms with Gasteiger partial charge in [-0.25, -0.2) is 0 Å². The molecule has 4 heteroatoms. The van der Waals surface area contributed by atoms with Gasteiger partial charge in [0, 0.05) is 38.1 Å². The van der Waals surface area contributed by atoms with Crippen LogP contribution in [0.25, 0.3) is 0 Å². The van der Waals surface area contributed by atoms with E-state index in [0.717, 1.165) is 4.48 Å². The van der Waals surface area contributed by atoms with Gasteiger partial charge >= 0.3 is 0 Å². The molecule has 0 aliphatic carbocycles. The van der Waals surface area contributed by atoms with Crippen molar-refractivity contribution in [3.05, 3.63) is 11.1 Å². The fourth-order valence-corrected chi connectivity index (χ4v) is 0.841. The van der Waals surface area contributed by atoms with E-state index in [1.165, 1.54) is 0 Å². The maximum atomic E-state index is 11.0. The number of amides is 1. The molecule has 0 aromatic rings. The van der Waals surface area contributed by atoms with E-state index in [-0.39, 0.29) is 5.91 Å². The zero-order valence-electron chi connectivity index (χ0n) is 7.56. The predicted molar refractivity (Wildman–Crippen MR) is 54.2 cm³/mol. The Labute approximate surface area is 81.9 Å². The van der Waals surface area contributed by atoms with Crippen LogP contribution in [0.15, 0.2) is 11.1 Å². The summed E-state index contributed by atoms with van der Waals surface area (Å²) in [5.41, 5.74) is 0. The summed E-state index contributed by atoms with van der Waals surface area (Å²) in [6.45, 7) is 5.07. The second kappa shape index (κ2) is 6.20. The molecule has 0 saturated heterocycles. The van der Waals surface area contributed by atoms with Crippen LogP contribution in [0.3, 0.4) is 0 Å². The molecule has 0 atom stereocenters. The number of rotatable bonds is 5. The van der Waals surface area contributed by atoms with Crippen LogP contribution in [0, 0.1) is 0 Å². The lowest BCUT2D eigenvalue weighted by atomic mass is 10.4. The average Bonchev–Trinajstić information content (AvgIpc) is 1.97. The first-order valence-corrected chi connectivity index (χ1v) is 4.57. The Hall–Kier alpha value is -0.350. The summed E-state index contributed by atoms with van der Waals surface area (Å²) in [6.07, 6.45) is 0.535. The fraction of sp³-hybridized carbons (Fsp3) is 0.625. The van der Waals surface area contributed by atoms with E-state index in [1.54, 1.807) is 19.0 Å². The maximum Gasteiger partial charge on any atom is 0.223 e. The summed E-state index contributed by atoms with van der Waals surface area (Å²) in [7, 11) is 3.51. The number of nitrogens with one attached hydrogen (secondary N) is 1. The Kier molecular flexibility index (Phi) is 6.02. The minimum absolute atomic E-state index is 0.141. The lowest BCUT2D eigenvalue weighted by Crippen LogP contribution is -2.27. The molecule has 0 aliphatic rings. The third kappa shape index (κ3) is 6.37. The van der Waals surface area contributed by atoms with E-state index in [9.17, 15) is 4.79 Å². The molecule has 0 bridgehead atoms. The summed E-state index contributed by atoms with van der Waals surface area (Å²) < 4.78 is 0.903. The first-order valence-electron chi connectivity index (χ1n) is 3.78. The summed E-state index contributed by atoms with van der Waals surface area (Å²) in [5, 5.41) is 3.08. The molecule has 0 aromatic carbocycles. The molecular weight excluding hydrogens is 220 g/mol. The Balaban J connectivity index is 3.32. The second-order valence-corrected chi connectivity index (χ2v) is 3.85.